The van der Waals surface area contributed by atoms with Crippen LogP contribution in [0.2, 0.25) is 0 Å². The van der Waals surface area contributed by atoms with Gasteiger partial charge in [-0.1, -0.05) is 0 Å². The monoisotopic (exact) mass is 226 g/mol. The van der Waals surface area contributed by atoms with Crippen molar-refractivity contribution in [3.05, 3.63) is 0 Å². The summed E-state index contributed by atoms with van der Waals surface area (Å²) in [4.78, 5) is 13.8. The van der Waals surface area contributed by atoms with Crippen LogP contribution in [0, 0.1) is 0 Å². The first kappa shape index (κ1) is 11.9. The Hall–Kier alpha value is -0.610. The van der Waals surface area contributed by atoms with Crippen molar-refractivity contribution < 1.29 is 9.53 Å². The summed E-state index contributed by atoms with van der Waals surface area (Å²) in [5, 5.41) is 3.29. The van der Waals surface area contributed by atoms with Crippen LogP contribution in [-0.2, 0) is 9.53 Å². The number of nitrogens with one attached hydrogen (secondary N) is 1. The highest BCUT2D eigenvalue weighted by Crippen LogP contribution is 2.17. The summed E-state index contributed by atoms with van der Waals surface area (Å²) >= 11 is 0. The maximum absolute atomic E-state index is 11.9. The van der Waals surface area contributed by atoms with Gasteiger partial charge in [-0.05, 0) is 45.7 Å². The Morgan fingerprint density at radius 2 is 2.12 bits per heavy atom. The number of hydrogen-bond acceptors (Lipinski definition) is 3. The van der Waals surface area contributed by atoms with Crippen molar-refractivity contribution in [2.24, 2.45) is 0 Å². The van der Waals surface area contributed by atoms with Crippen LogP contribution < -0.4 is 5.32 Å². The molecule has 0 aliphatic carbocycles. The van der Waals surface area contributed by atoms with E-state index in [0.29, 0.717) is 6.04 Å². The molecule has 2 aliphatic rings. The predicted octanol–water partition coefficient (Wildman–Crippen LogP) is 0.766. The summed E-state index contributed by atoms with van der Waals surface area (Å²) in [5.41, 5.74) is 0. The van der Waals surface area contributed by atoms with Gasteiger partial charge in [0.1, 0.15) is 6.61 Å². The van der Waals surface area contributed by atoms with Gasteiger partial charge in [0, 0.05) is 12.6 Å². The SMILES string of the molecule is CC1CCCN1C(=O)COC1CCNCC1. The Kier molecular flexibility index (Phi) is 4.18. The smallest absolute Gasteiger partial charge is 0.248 e. The largest absolute Gasteiger partial charge is 0.368 e. The lowest BCUT2D eigenvalue weighted by Gasteiger charge is -2.25. The van der Waals surface area contributed by atoms with Crippen molar-refractivity contribution >= 4 is 5.91 Å². The zero-order chi connectivity index (χ0) is 11.4. The Labute approximate surface area is 97.3 Å². The van der Waals surface area contributed by atoms with Crippen LogP contribution in [0.1, 0.15) is 32.6 Å². The van der Waals surface area contributed by atoms with E-state index in [4.69, 9.17) is 4.74 Å². The lowest BCUT2D eigenvalue weighted by molar-refractivity contribution is -0.139. The van der Waals surface area contributed by atoms with Crippen LogP contribution >= 0.6 is 0 Å². The first-order valence-corrected chi connectivity index (χ1v) is 6.39. The molecule has 0 aromatic rings. The Bertz CT molecular complexity index is 239. The third-order valence-corrected chi connectivity index (χ3v) is 3.60. The first-order valence-electron chi connectivity index (χ1n) is 6.39. The summed E-state index contributed by atoms with van der Waals surface area (Å²) in [6, 6.07) is 0.407. The van der Waals surface area contributed by atoms with Crippen molar-refractivity contribution in [3.8, 4) is 0 Å². The quantitative estimate of drug-likeness (QED) is 0.772. The number of nitrogens with zero attached hydrogens (tertiary/aromatic N) is 1. The van der Waals surface area contributed by atoms with Crippen LogP contribution in [0.4, 0.5) is 0 Å². The minimum Gasteiger partial charge on any atom is -0.368 e. The van der Waals surface area contributed by atoms with E-state index < -0.39 is 0 Å². The van der Waals surface area contributed by atoms with Crippen molar-refractivity contribution in [1.82, 2.24) is 10.2 Å². The molecule has 16 heavy (non-hydrogen) atoms. The molecule has 0 aromatic heterocycles. The van der Waals surface area contributed by atoms with Crippen LogP contribution in [-0.4, -0.2) is 49.2 Å². The second kappa shape index (κ2) is 5.64. The molecular formula is C12H22N2O2. The maximum atomic E-state index is 11.9. The molecular weight excluding hydrogens is 204 g/mol. The van der Waals surface area contributed by atoms with Gasteiger partial charge in [0.25, 0.3) is 0 Å². The van der Waals surface area contributed by atoms with Gasteiger partial charge in [0.05, 0.1) is 6.10 Å². The maximum Gasteiger partial charge on any atom is 0.248 e. The molecule has 0 bridgehead atoms. The Balaban J connectivity index is 1.70. The number of carbonyl (C=O) groups is 1. The molecule has 1 amide bonds. The molecule has 4 heteroatoms. The van der Waals surface area contributed by atoms with E-state index in [-0.39, 0.29) is 18.6 Å². The Morgan fingerprint density at radius 3 is 2.75 bits per heavy atom. The average Bonchev–Trinajstić information content (AvgIpc) is 2.74. The average molecular weight is 226 g/mol. The van der Waals surface area contributed by atoms with Gasteiger partial charge < -0.3 is 15.0 Å². The molecule has 2 fully saturated rings. The third kappa shape index (κ3) is 2.95. The van der Waals surface area contributed by atoms with E-state index in [1.807, 2.05) is 4.90 Å². The number of carbonyl (C=O) groups excluding carboxylic acids is 1. The van der Waals surface area contributed by atoms with Crippen molar-refractivity contribution in [2.45, 2.75) is 44.8 Å². The summed E-state index contributed by atoms with van der Waals surface area (Å²) < 4.78 is 5.67. The number of amides is 1. The topological polar surface area (TPSA) is 41.6 Å². The molecule has 0 spiro atoms. The Morgan fingerprint density at radius 1 is 1.38 bits per heavy atom. The molecule has 2 saturated heterocycles. The molecule has 0 saturated carbocycles. The highest BCUT2D eigenvalue weighted by Gasteiger charge is 2.25. The van der Waals surface area contributed by atoms with Crippen molar-refractivity contribution in [1.29, 1.82) is 0 Å². The molecule has 1 atom stereocenters. The highest BCUT2D eigenvalue weighted by molar-refractivity contribution is 5.78. The minimum atomic E-state index is 0.170. The second-order valence-corrected chi connectivity index (χ2v) is 4.84. The van der Waals surface area contributed by atoms with Gasteiger partial charge >= 0.3 is 0 Å². The molecule has 92 valence electrons. The van der Waals surface area contributed by atoms with E-state index in [1.54, 1.807) is 0 Å². The predicted molar refractivity (Wildman–Crippen MR) is 62.3 cm³/mol. The van der Waals surface area contributed by atoms with Crippen molar-refractivity contribution in [3.63, 3.8) is 0 Å². The lowest BCUT2D eigenvalue weighted by Crippen LogP contribution is -2.39. The lowest BCUT2D eigenvalue weighted by atomic mass is 10.1. The van der Waals surface area contributed by atoms with Crippen molar-refractivity contribution in [2.75, 3.05) is 26.2 Å². The van der Waals surface area contributed by atoms with Crippen LogP contribution in [0.25, 0.3) is 0 Å². The van der Waals surface area contributed by atoms with Crippen LogP contribution in [0.15, 0.2) is 0 Å². The number of likely N-dealkylation sites (tertiary alicyclic amines) is 1. The van der Waals surface area contributed by atoms with Gasteiger partial charge in [-0.15, -0.1) is 0 Å². The molecule has 0 radical (unpaired) electrons. The zero-order valence-corrected chi connectivity index (χ0v) is 10.1. The zero-order valence-electron chi connectivity index (χ0n) is 10.1. The van der Waals surface area contributed by atoms with E-state index in [2.05, 4.69) is 12.2 Å². The van der Waals surface area contributed by atoms with E-state index in [9.17, 15) is 4.79 Å². The van der Waals surface area contributed by atoms with E-state index in [0.717, 1.165) is 45.3 Å². The third-order valence-electron chi connectivity index (χ3n) is 3.60. The fraction of sp³-hybridized carbons (Fsp3) is 0.917. The van der Waals surface area contributed by atoms with Gasteiger partial charge in [-0.3, -0.25) is 4.79 Å². The summed E-state index contributed by atoms with van der Waals surface area (Å²) in [6.07, 6.45) is 4.62. The van der Waals surface area contributed by atoms with E-state index >= 15 is 0 Å². The van der Waals surface area contributed by atoms with Crippen LogP contribution in [0.3, 0.4) is 0 Å². The normalized spacial score (nSPS) is 27.3. The van der Waals surface area contributed by atoms with Gasteiger partial charge in [0.2, 0.25) is 5.91 Å². The number of rotatable bonds is 3. The molecule has 4 nitrogen and oxygen atoms in total. The molecule has 2 aliphatic heterocycles. The molecule has 2 rings (SSSR count). The standard InChI is InChI=1S/C12H22N2O2/c1-10-3-2-8-14(10)12(15)9-16-11-4-6-13-7-5-11/h10-11,13H,2-9H2,1H3. The summed E-state index contributed by atoms with van der Waals surface area (Å²) in [5.74, 6) is 0.170. The van der Waals surface area contributed by atoms with Gasteiger partial charge in [0.15, 0.2) is 0 Å². The first-order chi connectivity index (χ1) is 7.77. The molecule has 0 aromatic carbocycles. The van der Waals surface area contributed by atoms with Crippen LogP contribution in [0.5, 0.6) is 0 Å². The summed E-state index contributed by atoms with van der Waals surface area (Å²) in [6.45, 7) is 5.33. The number of piperidine rings is 1. The number of hydrogen-bond donors (Lipinski definition) is 1. The summed E-state index contributed by atoms with van der Waals surface area (Å²) in [7, 11) is 0. The number of ether oxygens (including phenoxy) is 1. The minimum absolute atomic E-state index is 0.170. The van der Waals surface area contributed by atoms with E-state index in [1.165, 1.54) is 0 Å². The molecule has 1 N–H and O–H groups in total. The highest BCUT2D eigenvalue weighted by atomic mass is 16.5. The second-order valence-electron chi connectivity index (χ2n) is 4.84. The molecule has 2 heterocycles. The fourth-order valence-corrected chi connectivity index (χ4v) is 2.54. The molecule has 1 unspecified atom stereocenters. The van der Waals surface area contributed by atoms with Gasteiger partial charge in [-0.25, -0.2) is 0 Å². The van der Waals surface area contributed by atoms with Gasteiger partial charge in [-0.2, -0.15) is 0 Å². The fourth-order valence-electron chi connectivity index (χ4n) is 2.54.